The van der Waals surface area contributed by atoms with Gasteiger partial charge < -0.3 is 4.42 Å². The molecule has 0 aliphatic heterocycles. The van der Waals surface area contributed by atoms with Crippen molar-refractivity contribution in [3.05, 3.63) is 34.6 Å². The Morgan fingerprint density at radius 3 is 3.15 bits per heavy atom. The number of pyridine rings is 1. The van der Waals surface area contributed by atoms with Crippen LogP contribution < -0.4 is 5.76 Å². The molecule has 66 valence electrons. The van der Waals surface area contributed by atoms with Crippen LogP contribution in [0.1, 0.15) is 12.6 Å². The number of aryl methyl sites for hydroxylation is 1. The molecule has 0 amide bonds. The van der Waals surface area contributed by atoms with Gasteiger partial charge in [-0.15, -0.1) is 0 Å². The van der Waals surface area contributed by atoms with Crippen LogP contribution in [-0.2, 0) is 6.42 Å². The Labute approximate surface area is 74.2 Å². The molecular weight excluding hydrogens is 168 g/mol. The smallest absolute Gasteiger partial charge is 0.389 e. The Kier molecular flexibility index (Phi) is 1.81. The van der Waals surface area contributed by atoms with Crippen molar-refractivity contribution in [1.29, 1.82) is 0 Å². The maximum absolute atomic E-state index is 10.9. The summed E-state index contributed by atoms with van der Waals surface area (Å²) >= 11 is 0. The van der Waals surface area contributed by atoms with Gasteiger partial charge in [0.05, 0.1) is 11.1 Å². The number of rotatable bonds is 1. The second-order valence-corrected chi connectivity index (χ2v) is 2.64. The van der Waals surface area contributed by atoms with Gasteiger partial charge in [-0.05, 0) is 18.6 Å². The zero-order valence-corrected chi connectivity index (χ0v) is 7.15. The van der Waals surface area contributed by atoms with Crippen LogP contribution in [0.25, 0.3) is 11.1 Å². The van der Waals surface area contributed by atoms with Gasteiger partial charge in [-0.3, -0.25) is 0 Å². The van der Waals surface area contributed by atoms with Crippen LogP contribution in [0.5, 0.6) is 0 Å². The lowest BCUT2D eigenvalue weighted by Crippen LogP contribution is -2.07. The first-order valence-corrected chi connectivity index (χ1v) is 4.06. The van der Waals surface area contributed by atoms with Gasteiger partial charge in [-0.2, -0.15) is 4.98 Å². The largest absolute Gasteiger partial charge is 0.440 e. The van der Waals surface area contributed by atoms with E-state index in [2.05, 4.69) is 9.97 Å². The predicted octanol–water partition coefficient (Wildman–Crippen LogP) is 1.15. The van der Waals surface area contributed by atoms with E-state index in [4.69, 9.17) is 4.42 Å². The van der Waals surface area contributed by atoms with Crippen molar-refractivity contribution in [2.45, 2.75) is 13.3 Å². The topological polar surface area (TPSA) is 56.0 Å². The highest BCUT2D eigenvalue weighted by molar-refractivity contribution is 5.74. The fourth-order valence-corrected chi connectivity index (χ4v) is 1.24. The molecular formula is C9H8N2O2. The van der Waals surface area contributed by atoms with E-state index < -0.39 is 5.76 Å². The zero-order valence-electron chi connectivity index (χ0n) is 7.15. The minimum Gasteiger partial charge on any atom is -0.389 e. The van der Waals surface area contributed by atoms with Gasteiger partial charge >= 0.3 is 5.76 Å². The molecule has 2 heterocycles. The van der Waals surface area contributed by atoms with E-state index in [1.54, 1.807) is 12.3 Å². The first-order valence-electron chi connectivity index (χ1n) is 4.06. The molecule has 0 aromatic carbocycles. The molecule has 2 aromatic rings. The second kappa shape index (κ2) is 2.97. The monoisotopic (exact) mass is 176 g/mol. The summed E-state index contributed by atoms with van der Waals surface area (Å²) in [6.07, 6.45) is 2.29. The first-order chi connectivity index (χ1) is 6.31. The van der Waals surface area contributed by atoms with Gasteiger partial charge in [-0.25, -0.2) is 9.78 Å². The maximum atomic E-state index is 10.9. The molecule has 2 rings (SSSR count). The fraction of sp³-hybridized carbons (Fsp3) is 0.222. The third kappa shape index (κ3) is 1.30. The summed E-state index contributed by atoms with van der Waals surface area (Å²) in [5.41, 5.74) is 1.10. The van der Waals surface area contributed by atoms with E-state index in [0.717, 1.165) is 11.1 Å². The van der Waals surface area contributed by atoms with Crippen LogP contribution in [0, 0.1) is 0 Å². The van der Waals surface area contributed by atoms with Gasteiger partial charge in [0.2, 0.25) is 5.71 Å². The van der Waals surface area contributed by atoms with Gasteiger partial charge in [-0.1, -0.05) is 6.92 Å². The van der Waals surface area contributed by atoms with Crippen molar-refractivity contribution in [2.75, 3.05) is 0 Å². The van der Waals surface area contributed by atoms with Crippen molar-refractivity contribution in [1.82, 2.24) is 9.97 Å². The van der Waals surface area contributed by atoms with E-state index in [1.807, 2.05) is 13.0 Å². The standard InChI is InChI=1S/C9H8N2O2/c1-2-7-6-4-3-5-10-8(6)13-9(12)11-7/h3-5H,2H2,1H3. The van der Waals surface area contributed by atoms with Gasteiger partial charge in [0.25, 0.3) is 0 Å². The molecule has 0 unspecified atom stereocenters. The van der Waals surface area contributed by atoms with Gasteiger partial charge in [0.1, 0.15) is 0 Å². The molecule has 2 aromatic heterocycles. The van der Waals surface area contributed by atoms with Gasteiger partial charge in [0.15, 0.2) is 0 Å². The molecule has 0 saturated carbocycles. The molecule has 0 spiro atoms. The summed E-state index contributed by atoms with van der Waals surface area (Å²) in [7, 11) is 0. The van der Waals surface area contributed by atoms with Crippen molar-refractivity contribution in [2.24, 2.45) is 0 Å². The van der Waals surface area contributed by atoms with Crippen LogP contribution in [0.2, 0.25) is 0 Å². The minimum atomic E-state index is -0.581. The molecule has 0 fully saturated rings. The van der Waals surface area contributed by atoms with E-state index >= 15 is 0 Å². The summed E-state index contributed by atoms with van der Waals surface area (Å²) in [5, 5.41) is 0.810. The lowest BCUT2D eigenvalue weighted by atomic mass is 10.2. The Morgan fingerprint density at radius 2 is 2.38 bits per heavy atom. The molecule has 0 bridgehead atoms. The van der Waals surface area contributed by atoms with Crippen LogP contribution in [-0.4, -0.2) is 9.97 Å². The number of hydrogen-bond acceptors (Lipinski definition) is 4. The highest BCUT2D eigenvalue weighted by Crippen LogP contribution is 2.11. The second-order valence-electron chi connectivity index (χ2n) is 2.64. The Bertz CT molecular complexity index is 490. The molecule has 4 nitrogen and oxygen atoms in total. The van der Waals surface area contributed by atoms with Crippen LogP contribution in [0.3, 0.4) is 0 Å². The Balaban J connectivity index is 2.89. The molecule has 13 heavy (non-hydrogen) atoms. The molecule has 0 saturated heterocycles. The highest BCUT2D eigenvalue weighted by Gasteiger charge is 2.04. The molecule has 4 heteroatoms. The minimum absolute atomic E-state index is 0.361. The van der Waals surface area contributed by atoms with Crippen molar-refractivity contribution < 1.29 is 4.42 Å². The molecule has 0 atom stereocenters. The van der Waals surface area contributed by atoms with E-state index in [-0.39, 0.29) is 0 Å². The van der Waals surface area contributed by atoms with Crippen LogP contribution in [0.15, 0.2) is 27.5 Å². The van der Waals surface area contributed by atoms with Crippen molar-refractivity contribution in [3.8, 4) is 0 Å². The third-order valence-electron chi connectivity index (χ3n) is 1.83. The van der Waals surface area contributed by atoms with Crippen LogP contribution in [0.4, 0.5) is 0 Å². The average molecular weight is 176 g/mol. The number of hydrogen-bond donors (Lipinski definition) is 0. The van der Waals surface area contributed by atoms with Crippen molar-refractivity contribution >= 4 is 11.1 Å². The predicted molar refractivity (Wildman–Crippen MR) is 47.5 cm³/mol. The lowest BCUT2D eigenvalue weighted by Gasteiger charge is -1.98. The van der Waals surface area contributed by atoms with Gasteiger partial charge in [0, 0.05) is 6.20 Å². The SMILES string of the molecule is CCc1nc(=O)oc2ncccc12. The van der Waals surface area contributed by atoms with Crippen molar-refractivity contribution in [3.63, 3.8) is 0 Å². The van der Waals surface area contributed by atoms with E-state index in [9.17, 15) is 4.79 Å². The number of fused-ring (bicyclic) bond motifs is 1. The molecule has 0 aliphatic carbocycles. The fourth-order valence-electron chi connectivity index (χ4n) is 1.24. The van der Waals surface area contributed by atoms with Crippen LogP contribution >= 0.6 is 0 Å². The normalized spacial score (nSPS) is 10.5. The summed E-state index contributed by atoms with van der Waals surface area (Å²) in [5.74, 6) is -0.581. The Morgan fingerprint density at radius 1 is 1.54 bits per heavy atom. The summed E-state index contributed by atoms with van der Waals surface area (Å²) in [6.45, 7) is 1.94. The van der Waals surface area contributed by atoms with E-state index in [1.165, 1.54) is 0 Å². The number of aromatic nitrogens is 2. The zero-order chi connectivity index (χ0) is 9.26. The van der Waals surface area contributed by atoms with E-state index in [0.29, 0.717) is 12.1 Å². The lowest BCUT2D eigenvalue weighted by molar-refractivity contribution is 0.516. The number of nitrogens with zero attached hydrogens (tertiary/aromatic N) is 2. The molecule has 0 N–H and O–H groups in total. The average Bonchev–Trinajstić information content (AvgIpc) is 2.16. The highest BCUT2D eigenvalue weighted by atomic mass is 16.4. The summed E-state index contributed by atoms with van der Waals surface area (Å²) in [4.78, 5) is 18.6. The third-order valence-corrected chi connectivity index (χ3v) is 1.83. The molecule has 0 radical (unpaired) electrons. The Hall–Kier alpha value is -1.71. The quantitative estimate of drug-likeness (QED) is 0.653. The summed E-state index contributed by atoms with van der Waals surface area (Å²) in [6, 6.07) is 3.64. The summed E-state index contributed by atoms with van der Waals surface area (Å²) < 4.78 is 4.83. The molecule has 0 aliphatic rings. The first kappa shape index (κ1) is 7.91. The maximum Gasteiger partial charge on any atom is 0.440 e.